The number of nitrogens with zero attached hydrogens (tertiary/aromatic N) is 2. The van der Waals surface area contributed by atoms with E-state index >= 15 is 0 Å². The first kappa shape index (κ1) is 16.7. The Morgan fingerprint density at radius 1 is 1.40 bits per heavy atom. The first-order chi connectivity index (χ1) is 12.2. The van der Waals surface area contributed by atoms with Crippen molar-refractivity contribution in [3.63, 3.8) is 0 Å². The number of pyridine rings is 1. The molecule has 6 heteroatoms. The third kappa shape index (κ3) is 3.76. The second-order valence-corrected chi connectivity index (χ2v) is 8.13. The first-order valence-electron chi connectivity index (χ1n) is 8.73. The Bertz CT molecular complexity index is 707. The maximum Gasteiger partial charge on any atom is 0.221 e. The van der Waals surface area contributed by atoms with Crippen molar-refractivity contribution in [3.8, 4) is 0 Å². The van der Waals surface area contributed by atoms with Gasteiger partial charge in [0.05, 0.1) is 25.5 Å². The molecular formula is C19H23N3O2S. The lowest BCUT2D eigenvalue weighted by Gasteiger charge is -2.26. The average Bonchev–Trinajstić information content (AvgIpc) is 3.31. The molecule has 1 amide bonds. The molecule has 25 heavy (non-hydrogen) atoms. The van der Waals surface area contributed by atoms with E-state index in [1.165, 1.54) is 4.88 Å². The van der Waals surface area contributed by atoms with Crippen LogP contribution in [0.25, 0.3) is 0 Å². The number of carbonyl (C=O) groups excluding carboxylic acids is 1. The van der Waals surface area contributed by atoms with Gasteiger partial charge in [-0.1, -0.05) is 12.1 Å². The van der Waals surface area contributed by atoms with Gasteiger partial charge in [-0.25, -0.2) is 0 Å². The van der Waals surface area contributed by atoms with E-state index < -0.39 is 0 Å². The van der Waals surface area contributed by atoms with E-state index in [-0.39, 0.29) is 11.3 Å². The summed E-state index contributed by atoms with van der Waals surface area (Å²) in [5, 5.41) is 5.14. The Labute approximate surface area is 152 Å². The summed E-state index contributed by atoms with van der Waals surface area (Å²) in [6, 6.07) is 10.0. The van der Waals surface area contributed by atoms with E-state index in [2.05, 4.69) is 32.7 Å². The van der Waals surface area contributed by atoms with Gasteiger partial charge in [-0.2, -0.15) is 0 Å². The summed E-state index contributed by atoms with van der Waals surface area (Å²) < 4.78 is 5.75. The van der Waals surface area contributed by atoms with Crippen LogP contribution >= 0.6 is 11.3 Å². The molecule has 4 heterocycles. The van der Waals surface area contributed by atoms with Crippen LogP contribution in [-0.2, 0) is 22.6 Å². The van der Waals surface area contributed by atoms with Gasteiger partial charge >= 0.3 is 0 Å². The highest BCUT2D eigenvalue weighted by atomic mass is 32.1. The van der Waals surface area contributed by atoms with Gasteiger partial charge in [-0.15, -0.1) is 11.3 Å². The third-order valence-corrected chi connectivity index (χ3v) is 6.12. The summed E-state index contributed by atoms with van der Waals surface area (Å²) in [4.78, 5) is 20.6. The summed E-state index contributed by atoms with van der Waals surface area (Å²) >= 11 is 1.80. The number of hydrogen-bond acceptors (Lipinski definition) is 5. The fourth-order valence-electron chi connectivity index (χ4n) is 4.01. The van der Waals surface area contributed by atoms with Gasteiger partial charge in [0.25, 0.3) is 0 Å². The molecule has 4 rings (SSSR count). The highest BCUT2D eigenvalue weighted by Gasteiger charge is 2.51. The molecule has 2 saturated heterocycles. The summed E-state index contributed by atoms with van der Waals surface area (Å²) in [6.07, 6.45) is 2.28. The lowest BCUT2D eigenvalue weighted by Crippen LogP contribution is -2.37. The molecule has 0 radical (unpaired) electrons. The van der Waals surface area contributed by atoms with Crippen LogP contribution in [0.3, 0.4) is 0 Å². The van der Waals surface area contributed by atoms with Crippen molar-refractivity contribution in [2.75, 3.05) is 26.3 Å². The van der Waals surface area contributed by atoms with Gasteiger partial charge in [0.2, 0.25) is 5.91 Å². The molecule has 2 atom stereocenters. The summed E-state index contributed by atoms with van der Waals surface area (Å²) in [7, 11) is 0. The van der Waals surface area contributed by atoms with Crippen LogP contribution in [0.2, 0.25) is 0 Å². The minimum absolute atomic E-state index is 0.0363. The molecule has 1 N–H and O–H groups in total. The fraction of sp³-hybridized carbons (Fsp3) is 0.474. The summed E-state index contributed by atoms with van der Waals surface area (Å²) in [5.41, 5.74) is 0.851. The molecule has 2 aromatic heterocycles. The molecule has 0 aromatic carbocycles. The van der Waals surface area contributed by atoms with Gasteiger partial charge in [-0.3, -0.25) is 14.7 Å². The monoisotopic (exact) mass is 357 g/mol. The SMILES string of the molecule is O=C(C[C@@]12COC[C@@H]1CN(Cc1cccs1)C2)NCc1ccccn1. The maximum absolute atomic E-state index is 12.5. The van der Waals surface area contributed by atoms with Crippen molar-refractivity contribution >= 4 is 17.2 Å². The molecular weight excluding hydrogens is 334 g/mol. The zero-order chi connectivity index (χ0) is 17.1. The molecule has 0 saturated carbocycles. The maximum atomic E-state index is 12.5. The predicted molar refractivity (Wildman–Crippen MR) is 97.0 cm³/mol. The van der Waals surface area contributed by atoms with E-state index in [0.717, 1.165) is 31.9 Å². The van der Waals surface area contributed by atoms with Crippen LogP contribution in [0.1, 0.15) is 17.0 Å². The van der Waals surface area contributed by atoms with E-state index in [0.29, 0.717) is 25.5 Å². The van der Waals surface area contributed by atoms with Crippen LogP contribution in [0, 0.1) is 11.3 Å². The van der Waals surface area contributed by atoms with Crippen LogP contribution in [0.4, 0.5) is 0 Å². The van der Waals surface area contributed by atoms with Gasteiger partial charge in [0.15, 0.2) is 0 Å². The predicted octanol–water partition coefficient (Wildman–Crippen LogP) is 2.30. The molecule has 132 valence electrons. The normalized spacial score (nSPS) is 25.8. The Kier molecular flexibility index (Phi) is 4.83. The summed E-state index contributed by atoms with van der Waals surface area (Å²) in [6.45, 7) is 4.88. The van der Waals surface area contributed by atoms with E-state index in [1.54, 1.807) is 17.5 Å². The zero-order valence-corrected chi connectivity index (χ0v) is 15.0. The molecule has 0 aliphatic carbocycles. The van der Waals surface area contributed by atoms with Gasteiger partial charge < -0.3 is 10.1 Å². The number of rotatable bonds is 6. The summed E-state index contributed by atoms with van der Waals surface area (Å²) in [5.74, 6) is 0.548. The lowest BCUT2D eigenvalue weighted by atomic mass is 9.78. The third-order valence-electron chi connectivity index (χ3n) is 5.26. The largest absolute Gasteiger partial charge is 0.380 e. The second-order valence-electron chi connectivity index (χ2n) is 7.10. The number of aromatic nitrogens is 1. The molecule has 2 aliphatic heterocycles. The molecule has 0 bridgehead atoms. The Balaban J connectivity index is 1.35. The smallest absolute Gasteiger partial charge is 0.221 e. The van der Waals surface area contributed by atoms with Crippen molar-refractivity contribution in [2.24, 2.45) is 11.3 Å². The number of amides is 1. The Morgan fingerprint density at radius 3 is 3.16 bits per heavy atom. The van der Waals surface area contributed by atoms with Crippen molar-refractivity contribution < 1.29 is 9.53 Å². The van der Waals surface area contributed by atoms with Crippen LogP contribution in [0.15, 0.2) is 41.9 Å². The van der Waals surface area contributed by atoms with Crippen LogP contribution in [-0.4, -0.2) is 42.1 Å². The van der Waals surface area contributed by atoms with Crippen molar-refractivity contribution in [1.82, 2.24) is 15.2 Å². The van der Waals surface area contributed by atoms with E-state index in [1.807, 2.05) is 18.2 Å². The highest BCUT2D eigenvalue weighted by Crippen LogP contribution is 2.44. The van der Waals surface area contributed by atoms with Crippen molar-refractivity contribution in [3.05, 3.63) is 52.5 Å². The average molecular weight is 357 g/mol. The van der Waals surface area contributed by atoms with Crippen molar-refractivity contribution in [1.29, 1.82) is 0 Å². The number of likely N-dealkylation sites (tertiary alicyclic amines) is 1. The first-order valence-corrected chi connectivity index (χ1v) is 9.61. The standard InChI is InChI=1S/C19H23N3O2S/c23-18(21-9-16-4-1-2-6-20-16)8-19-13-22(10-15(19)12-24-14-19)11-17-5-3-7-25-17/h1-7,15H,8-14H2,(H,21,23)/t15-,19+/m0/s1. The molecule has 2 fully saturated rings. The topological polar surface area (TPSA) is 54.5 Å². The number of ether oxygens (including phenoxy) is 1. The lowest BCUT2D eigenvalue weighted by molar-refractivity contribution is -0.123. The van der Waals surface area contributed by atoms with Crippen LogP contribution in [0.5, 0.6) is 0 Å². The fourth-order valence-corrected chi connectivity index (χ4v) is 4.76. The molecule has 0 unspecified atom stereocenters. The van der Waals surface area contributed by atoms with Gasteiger partial charge in [0, 0.05) is 48.5 Å². The molecule has 2 aliphatic rings. The molecule has 2 aromatic rings. The number of nitrogens with one attached hydrogen (secondary N) is 1. The quantitative estimate of drug-likeness (QED) is 0.862. The number of thiophene rings is 1. The van der Waals surface area contributed by atoms with Crippen molar-refractivity contribution in [2.45, 2.75) is 19.5 Å². The minimum atomic E-state index is -0.0363. The zero-order valence-electron chi connectivity index (χ0n) is 14.2. The number of hydrogen-bond donors (Lipinski definition) is 1. The molecule has 5 nitrogen and oxygen atoms in total. The number of fused-ring (bicyclic) bond motifs is 1. The Hall–Kier alpha value is -1.76. The second kappa shape index (κ2) is 7.23. The van der Waals surface area contributed by atoms with E-state index in [4.69, 9.17) is 4.74 Å². The van der Waals surface area contributed by atoms with Gasteiger partial charge in [-0.05, 0) is 23.6 Å². The number of carbonyl (C=O) groups is 1. The highest BCUT2D eigenvalue weighted by molar-refractivity contribution is 7.09. The van der Waals surface area contributed by atoms with Crippen LogP contribution < -0.4 is 5.32 Å². The molecule has 0 spiro atoms. The van der Waals surface area contributed by atoms with E-state index in [9.17, 15) is 4.79 Å². The minimum Gasteiger partial charge on any atom is -0.380 e. The van der Waals surface area contributed by atoms with Gasteiger partial charge in [0.1, 0.15) is 0 Å². The Morgan fingerprint density at radius 2 is 2.36 bits per heavy atom.